The van der Waals surface area contributed by atoms with Crippen LogP contribution in [0.5, 0.6) is 0 Å². The van der Waals surface area contributed by atoms with Crippen molar-refractivity contribution in [3.05, 3.63) is 40.3 Å². The molecule has 0 spiro atoms. The largest absolute Gasteiger partial charge is 0.342 e. The number of aromatic amines is 1. The maximum absolute atomic E-state index is 5.17. The highest BCUT2D eigenvalue weighted by Crippen LogP contribution is 2.18. The van der Waals surface area contributed by atoms with Crippen LogP contribution in [0.1, 0.15) is 25.1 Å². The third kappa shape index (κ3) is 2.58. The van der Waals surface area contributed by atoms with E-state index in [1.54, 1.807) is 6.20 Å². The highest BCUT2D eigenvalue weighted by molar-refractivity contribution is 7.71. The van der Waals surface area contributed by atoms with Crippen LogP contribution < -0.4 is 0 Å². The van der Waals surface area contributed by atoms with E-state index in [1.165, 1.54) is 5.56 Å². The summed E-state index contributed by atoms with van der Waals surface area (Å²) < 4.78 is 0.614. The summed E-state index contributed by atoms with van der Waals surface area (Å²) >= 11 is 5.17. The number of hydrogen-bond donors (Lipinski definition) is 1. The molecule has 0 amide bonds. The Balaban J connectivity index is 2.59. The number of aromatic nitrogens is 3. The quantitative estimate of drug-likeness (QED) is 0.843. The molecule has 1 N–H and O–H groups in total. The van der Waals surface area contributed by atoms with Crippen molar-refractivity contribution in [2.24, 2.45) is 0 Å². The molecule has 0 aromatic carbocycles. The molecule has 4 heteroatoms. The number of aryl methyl sites for hydroxylation is 2. The van der Waals surface area contributed by atoms with Crippen molar-refractivity contribution in [3.63, 3.8) is 0 Å². The van der Waals surface area contributed by atoms with Crippen molar-refractivity contribution < 1.29 is 0 Å². The Morgan fingerprint density at radius 3 is 2.82 bits per heavy atom. The average molecular weight is 245 g/mol. The van der Waals surface area contributed by atoms with E-state index in [0.29, 0.717) is 4.64 Å². The van der Waals surface area contributed by atoms with Crippen molar-refractivity contribution in [3.8, 4) is 11.5 Å². The summed E-state index contributed by atoms with van der Waals surface area (Å²) in [4.78, 5) is 12.0. The molecule has 17 heavy (non-hydrogen) atoms. The molecule has 0 aliphatic rings. The Kier molecular flexibility index (Phi) is 3.64. The van der Waals surface area contributed by atoms with E-state index in [2.05, 4.69) is 34.9 Å². The van der Waals surface area contributed by atoms with Crippen molar-refractivity contribution in [2.75, 3.05) is 0 Å². The number of nitrogens with zero attached hydrogens (tertiary/aromatic N) is 2. The molecule has 0 aliphatic heterocycles. The average Bonchev–Trinajstić information content (AvgIpc) is 2.37. The van der Waals surface area contributed by atoms with Gasteiger partial charge in [-0.2, -0.15) is 0 Å². The number of nitrogens with one attached hydrogen (secondary N) is 1. The molecule has 2 aromatic rings. The Hall–Kier alpha value is -1.55. The van der Waals surface area contributed by atoms with Crippen LogP contribution in [0.15, 0.2) is 24.4 Å². The van der Waals surface area contributed by atoms with Crippen LogP contribution in [0.25, 0.3) is 11.5 Å². The first-order valence-corrected chi connectivity index (χ1v) is 6.20. The van der Waals surface area contributed by atoms with Gasteiger partial charge >= 0.3 is 0 Å². The van der Waals surface area contributed by atoms with Crippen molar-refractivity contribution in [2.45, 2.75) is 26.7 Å². The van der Waals surface area contributed by atoms with E-state index >= 15 is 0 Å². The monoisotopic (exact) mass is 245 g/mol. The second-order valence-corrected chi connectivity index (χ2v) is 4.23. The van der Waals surface area contributed by atoms with Crippen LogP contribution in [0, 0.1) is 4.64 Å². The van der Waals surface area contributed by atoms with Gasteiger partial charge in [0.05, 0.1) is 0 Å². The minimum absolute atomic E-state index is 0.614. The van der Waals surface area contributed by atoms with Crippen molar-refractivity contribution >= 4 is 12.2 Å². The van der Waals surface area contributed by atoms with Crippen LogP contribution in [-0.4, -0.2) is 15.0 Å². The normalized spacial score (nSPS) is 10.5. The number of hydrogen-bond acceptors (Lipinski definition) is 3. The molecule has 0 saturated carbocycles. The Morgan fingerprint density at radius 2 is 2.12 bits per heavy atom. The fourth-order valence-corrected chi connectivity index (χ4v) is 1.98. The molecule has 2 aromatic heterocycles. The van der Waals surface area contributed by atoms with E-state index < -0.39 is 0 Å². The van der Waals surface area contributed by atoms with Crippen LogP contribution in [-0.2, 0) is 12.8 Å². The second-order valence-electron chi connectivity index (χ2n) is 3.81. The van der Waals surface area contributed by atoms with Crippen molar-refractivity contribution in [1.82, 2.24) is 15.0 Å². The summed E-state index contributed by atoms with van der Waals surface area (Å²) in [5, 5.41) is 0. The van der Waals surface area contributed by atoms with E-state index in [-0.39, 0.29) is 0 Å². The zero-order chi connectivity index (χ0) is 12.3. The SMILES string of the molecule is CCc1cc(=S)nc(-c2ncccc2CC)[nH]1. The molecule has 0 atom stereocenters. The van der Waals surface area contributed by atoms with Crippen molar-refractivity contribution in [1.29, 1.82) is 0 Å². The van der Waals surface area contributed by atoms with Gasteiger partial charge in [0.15, 0.2) is 5.82 Å². The Labute approximate surface area is 106 Å². The highest BCUT2D eigenvalue weighted by atomic mass is 32.1. The molecule has 88 valence electrons. The summed E-state index contributed by atoms with van der Waals surface area (Å²) in [7, 11) is 0. The van der Waals surface area contributed by atoms with Crippen LogP contribution in [0.3, 0.4) is 0 Å². The van der Waals surface area contributed by atoms with E-state index in [1.807, 2.05) is 12.1 Å². The molecule has 0 radical (unpaired) electrons. The van der Waals surface area contributed by atoms with Crippen LogP contribution in [0.2, 0.25) is 0 Å². The fourth-order valence-electron chi connectivity index (χ4n) is 1.75. The van der Waals surface area contributed by atoms with Crippen LogP contribution >= 0.6 is 12.2 Å². The van der Waals surface area contributed by atoms with Gasteiger partial charge in [0.25, 0.3) is 0 Å². The van der Waals surface area contributed by atoms with Gasteiger partial charge in [-0.3, -0.25) is 4.98 Å². The van der Waals surface area contributed by atoms with Gasteiger partial charge < -0.3 is 4.98 Å². The molecule has 0 fully saturated rings. The lowest BCUT2D eigenvalue weighted by atomic mass is 10.1. The molecule has 0 bridgehead atoms. The minimum atomic E-state index is 0.614. The van der Waals surface area contributed by atoms with Crippen LogP contribution in [0.4, 0.5) is 0 Å². The molecule has 2 heterocycles. The van der Waals surface area contributed by atoms with E-state index in [0.717, 1.165) is 30.1 Å². The maximum Gasteiger partial charge on any atom is 0.158 e. The lowest BCUT2D eigenvalue weighted by Gasteiger charge is -2.07. The summed E-state index contributed by atoms with van der Waals surface area (Å²) in [5.41, 5.74) is 3.17. The summed E-state index contributed by atoms with van der Waals surface area (Å²) in [5.74, 6) is 0.770. The lowest BCUT2D eigenvalue weighted by Crippen LogP contribution is -1.99. The van der Waals surface area contributed by atoms with Gasteiger partial charge in [-0.25, -0.2) is 4.98 Å². The van der Waals surface area contributed by atoms with Gasteiger partial charge in [0.1, 0.15) is 10.3 Å². The fraction of sp³-hybridized carbons (Fsp3) is 0.308. The Bertz CT molecular complexity index is 575. The molecule has 2 rings (SSSR count). The van der Waals surface area contributed by atoms with E-state index in [4.69, 9.17) is 12.2 Å². The summed E-state index contributed by atoms with van der Waals surface area (Å²) in [6, 6.07) is 5.91. The number of pyridine rings is 1. The van der Waals surface area contributed by atoms with Gasteiger partial charge in [-0.1, -0.05) is 32.1 Å². The smallest absolute Gasteiger partial charge is 0.158 e. The molecule has 0 aliphatic carbocycles. The predicted molar refractivity (Wildman–Crippen MR) is 71.4 cm³/mol. The summed E-state index contributed by atoms with van der Waals surface area (Å²) in [6.45, 7) is 4.20. The minimum Gasteiger partial charge on any atom is -0.342 e. The highest BCUT2D eigenvalue weighted by Gasteiger charge is 2.07. The molecule has 0 saturated heterocycles. The van der Waals surface area contributed by atoms with Gasteiger partial charge in [0, 0.05) is 11.9 Å². The topological polar surface area (TPSA) is 41.6 Å². The standard InChI is InChI=1S/C13H15N3S/c1-3-9-6-5-7-14-12(9)13-15-10(4-2)8-11(17)16-13/h5-8H,3-4H2,1-2H3,(H,15,16,17). The lowest BCUT2D eigenvalue weighted by molar-refractivity contribution is 0.982. The van der Waals surface area contributed by atoms with Gasteiger partial charge in [0.2, 0.25) is 0 Å². The molecule has 3 nitrogen and oxygen atoms in total. The summed E-state index contributed by atoms with van der Waals surface area (Å²) in [6.07, 6.45) is 3.63. The number of H-pyrrole nitrogens is 1. The molecular weight excluding hydrogens is 230 g/mol. The number of rotatable bonds is 3. The zero-order valence-electron chi connectivity index (χ0n) is 10.0. The predicted octanol–water partition coefficient (Wildman–Crippen LogP) is 3.33. The van der Waals surface area contributed by atoms with Gasteiger partial charge in [-0.15, -0.1) is 0 Å². The zero-order valence-corrected chi connectivity index (χ0v) is 10.8. The first-order valence-electron chi connectivity index (χ1n) is 5.79. The molecule has 0 unspecified atom stereocenters. The second kappa shape index (κ2) is 5.19. The first-order chi connectivity index (χ1) is 8.24. The first kappa shape index (κ1) is 11.9. The maximum atomic E-state index is 5.17. The third-order valence-corrected chi connectivity index (χ3v) is 2.89. The third-order valence-electron chi connectivity index (χ3n) is 2.68. The Morgan fingerprint density at radius 1 is 1.29 bits per heavy atom. The van der Waals surface area contributed by atoms with E-state index in [9.17, 15) is 0 Å². The molecular formula is C13H15N3S. The van der Waals surface area contributed by atoms with Gasteiger partial charge in [-0.05, 0) is 30.5 Å².